The zero-order chi connectivity index (χ0) is 52.3. The molecule has 4 N–H and O–H groups in total. The summed E-state index contributed by atoms with van der Waals surface area (Å²) in [7, 11) is -1.53. The summed E-state index contributed by atoms with van der Waals surface area (Å²) in [5, 5.41) is 28.6. The number of benzene rings is 2. The number of carbonyl (C=O) groups is 3. The highest BCUT2D eigenvalue weighted by Crippen LogP contribution is 2.47. The molecular weight excluding hydrogens is 1010 g/mol. The molecule has 0 fully saturated rings. The summed E-state index contributed by atoms with van der Waals surface area (Å²) in [6.45, 7) is 0.819. The fraction of sp³-hybridized carbons (Fsp3) is 0.395. The van der Waals surface area contributed by atoms with Crippen LogP contribution < -0.4 is 14.9 Å². The molecule has 2 aromatic carbocycles. The molecule has 5 aromatic rings. The molecule has 0 saturated heterocycles. The highest BCUT2D eigenvalue weighted by molar-refractivity contribution is 8.00. The number of aliphatic hydroxyl groups is 1. The molecule has 0 spiro atoms. The van der Waals surface area contributed by atoms with E-state index in [0.29, 0.717) is 10.7 Å². The predicted molar refractivity (Wildman–Crippen MR) is 239 cm³/mol. The van der Waals surface area contributed by atoms with Crippen LogP contribution in [-0.2, 0) is 58.4 Å². The first-order valence-electron chi connectivity index (χ1n) is 20.3. The van der Waals surface area contributed by atoms with Crippen LogP contribution in [0, 0.1) is 23.5 Å². The highest BCUT2D eigenvalue weighted by atomic mass is 35.5. The number of fused-ring (bicyclic) bond motifs is 2. The number of aromatic nitrogens is 5. The minimum atomic E-state index is -5.17. The molecule has 0 saturated carbocycles. The number of halogens is 11. The molecule has 1 aliphatic rings. The number of nitrogens with zero attached hydrogens (tertiary/aromatic N) is 6. The topological polar surface area (TPSA) is 185 Å². The van der Waals surface area contributed by atoms with Crippen molar-refractivity contribution in [2.75, 3.05) is 23.4 Å². The Morgan fingerprint density at radius 2 is 1.66 bits per heavy atom. The number of pyridine rings is 1. The Bertz CT molecular complexity index is 2860. The lowest BCUT2D eigenvalue weighted by Gasteiger charge is -2.23. The molecule has 3 heterocycles. The monoisotopic (exact) mass is 1050 g/mol. The number of carboxylic acid groups (broad SMARTS) is 1. The Morgan fingerprint density at radius 1 is 1.03 bits per heavy atom. The molecule has 378 valence electrons. The van der Waals surface area contributed by atoms with E-state index in [1.54, 1.807) is 13.8 Å². The number of anilines is 1. The number of alkyl halides is 8. The smallest absolute Gasteiger partial charge is 0.435 e. The van der Waals surface area contributed by atoms with Gasteiger partial charge in [-0.25, -0.2) is 22.9 Å². The Balaban J connectivity index is 0.00000296. The summed E-state index contributed by atoms with van der Waals surface area (Å²) >= 11 is 7.42. The van der Waals surface area contributed by atoms with Gasteiger partial charge in [0.2, 0.25) is 5.91 Å². The van der Waals surface area contributed by atoms with E-state index in [9.17, 15) is 54.0 Å². The van der Waals surface area contributed by atoms with Crippen LogP contribution in [0.2, 0.25) is 5.02 Å². The first-order valence-corrected chi connectivity index (χ1v) is 23.4. The van der Waals surface area contributed by atoms with Crippen molar-refractivity contribution in [3.8, 4) is 23.0 Å². The van der Waals surface area contributed by atoms with E-state index < -0.39 is 125 Å². The predicted octanol–water partition coefficient (Wildman–Crippen LogP) is 8.33. The molecule has 14 nitrogen and oxygen atoms in total. The van der Waals surface area contributed by atoms with E-state index in [1.807, 2.05) is 0 Å². The maximum absolute atomic E-state index is 15.1. The summed E-state index contributed by atoms with van der Waals surface area (Å²) in [4.78, 5) is 40.5. The number of amides is 3. The average Bonchev–Trinajstić information content (AvgIpc) is 3.91. The fourth-order valence-electron chi connectivity index (χ4n) is 7.25. The number of aliphatic hydroxyl groups excluding tert-OH is 1. The molecular formula is C43H41ClF10N8O6S2. The Hall–Kier alpha value is -5.91. The highest BCUT2D eigenvalue weighted by Gasteiger charge is 2.50. The first kappa shape index (κ1) is 55.0. The van der Waals surface area contributed by atoms with Crippen LogP contribution in [0.25, 0.3) is 22.0 Å². The minimum Gasteiger partial charge on any atom is -0.483 e. The number of hydrogen-bond donors (Lipinski definition) is 4. The second kappa shape index (κ2) is 21.6. The first-order chi connectivity index (χ1) is 32.5. The van der Waals surface area contributed by atoms with Crippen LogP contribution in [0.3, 0.4) is 0 Å². The van der Waals surface area contributed by atoms with Crippen molar-refractivity contribution < 1.29 is 72.7 Å². The van der Waals surface area contributed by atoms with Crippen molar-refractivity contribution >= 4 is 69.5 Å². The average molecular weight is 1060 g/mol. The summed E-state index contributed by atoms with van der Waals surface area (Å²) in [6.07, 6.45) is -9.60. The summed E-state index contributed by atoms with van der Waals surface area (Å²) in [6, 6.07) is 4.12. The third-order valence-electron chi connectivity index (χ3n) is 10.5. The number of rotatable bonds is 13. The van der Waals surface area contributed by atoms with E-state index in [4.69, 9.17) is 21.5 Å². The van der Waals surface area contributed by atoms with Crippen molar-refractivity contribution in [2.24, 2.45) is 0 Å². The fourth-order valence-corrected chi connectivity index (χ4v) is 8.21. The molecule has 70 heavy (non-hydrogen) atoms. The van der Waals surface area contributed by atoms with Gasteiger partial charge in [-0.3, -0.25) is 23.2 Å². The van der Waals surface area contributed by atoms with Gasteiger partial charge in [-0.2, -0.15) is 45.3 Å². The van der Waals surface area contributed by atoms with Crippen LogP contribution in [-0.4, -0.2) is 93.5 Å². The summed E-state index contributed by atoms with van der Waals surface area (Å²) in [5.74, 6) is -2.01. The minimum absolute atomic E-state index is 0.0979. The van der Waals surface area contributed by atoms with Crippen LogP contribution in [0.4, 0.5) is 54.5 Å². The van der Waals surface area contributed by atoms with E-state index in [2.05, 4.69) is 37.7 Å². The largest absolute Gasteiger partial charge is 0.483 e. The third kappa shape index (κ3) is 12.7. The van der Waals surface area contributed by atoms with Gasteiger partial charge in [0.15, 0.2) is 11.5 Å². The lowest BCUT2D eigenvalue weighted by molar-refractivity contribution is -0.142. The molecule has 3 unspecified atom stereocenters. The third-order valence-corrected chi connectivity index (χ3v) is 13.0. The summed E-state index contributed by atoms with van der Waals surface area (Å²) < 4.78 is 158. The van der Waals surface area contributed by atoms with Crippen molar-refractivity contribution in [2.45, 2.75) is 88.2 Å². The van der Waals surface area contributed by atoms with Gasteiger partial charge in [0, 0.05) is 52.5 Å². The standard InChI is InChI=1S/C42H39ClF10N8O4S2.CH2O2/c1-21(19-62)54-38(64)61(66-4)37-32-29(43)9-8-27(34(32)60(58-37)20-41(48,49)50)26-7-6-25(10-12-39(2,3)67(5)65)55-33(26)30(16-22-14-23(44)17-24(45)15-22)56-31(63)18-59-36-28(11-13-40(36,46)47)35(57-59)42(51,52)53;2-1-3/h6-9,14-15,17,21,30,62H,11,13,16,18-20H2,1-5H3,(H,54,64)(H,56,63);1H,(H,2,3). The molecule has 27 heteroatoms. The zero-order valence-corrected chi connectivity index (χ0v) is 39.6. The Labute approximate surface area is 403 Å². The molecule has 6 rings (SSSR count). The Morgan fingerprint density at radius 3 is 2.23 bits per heavy atom. The zero-order valence-electron chi connectivity index (χ0n) is 37.2. The molecule has 3 amide bonds. The second-order valence-electron chi connectivity index (χ2n) is 16.0. The van der Waals surface area contributed by atoms with Gasteiger partial charge in [0.25, 0.3) is 12.4 Å². The molecule has 0 bridgehead atoms. The maximum atomic E-state index is 15.1. The lowest BCUT2D eigenvalue weighted by atomic mass is 9.93. The van der Waals surface area contributed by atoms with Crippen LogP contribution >= 0.6 is 23.5 Å². The van der Waals surface area contributed by atoms with Gasteiger partial charge >= 0.3 is 18.4 Å². The number of carbonyl (C=O) groups excluding carboxylic acids is 2. The normalized spacial score (nSPS) is 14.6. The van der Waals surface area contributed by atoms with E-state index in [1.165, 1.54) is 43.7 Å². The van der Waals surface area contributed by atoms with Crippen LogP contribution in [0.15, 0.2) is 42.5 Å². The van der Waals surface area contributed by atoms with Gasteiger partial charge in [-0.15, -0.1) is 0 Å². The van der Waals surface area contributed by atoms with Crippen molar-refractivity contribution in [3.05, 3.63) is 93.0 Å². The Kier molecular flexibility index (Phi) is 17.0. The second-order valence-corrected chi connectivity index (χ2v) is 19.1. The molecule has 1 aliphatic carbocycles. The van der Waals surface area contributed by atoms with Crippen LogP contribution in [0.1, 0.15) is 67.1 Å². The summed E-state index contributed by atoms with van der Waals surface area (Å²) in [5.41, 5.74) is -4.67. The number of urea groups is 1. The molecule has 3 atom stereocenters. The SMILES string of the molecule is CSN(C(=O)NC(C)CO)c1nn(CC(F)(F)F)c2c(-c3ccc(C#CC(C)(C)S(C)=O)nc3C(Cc3cc(F)cc(F)c3)NC(=O)Cn3nc(C(F)(F)F)c4c3C(F)(F)CC4)ccc(Cl)c12.O=CO. The van der Waals surface area contributed by atoms with Gasteiger partial charge in [-0.05, 0) is 87.4 Å². The van der Waals surface area contributed by atoms with Crippen molar-refractivity contribution in [1.82, 2.24) is 35.2 Å². The van der Waals surface area contributed by atoms with E-state index >= 15 is 8.78 Å². The number of nitrogens with one attached hydrogen (secondary N) is 2. The van der Waals surface area contributed by atoms with E-state index in [-0.39, 0.29) is 61.0 Å². The molecule has 3 aromatic heterocycles. The lowest BCUT2D eigenvalue weighted by Crippen LogP contribution is -2.42. The van der Waals surface area contributed by atoms with Gasteiger partial charge in [-0.1, -0.05) is 23.6 Å². The maximum Gasteiger partial charge on any atom is 0.435 e. The van der Waals surface area contributed by atoms with E-state index in [0.717, 1.165) is 28.4 Å². The van der Waals surface area contributed by atoms with Crippen LogP contribution in [0.5, 0.6) is 0 Å². The van der Waals surface area contributed by atoms with Crippen molar-refractivity contribution in [1.29, 1.82) is 0 Å². The molecule has 0 aliphatic heterocycles. The van der Waals surface area contributed by atoms with Gasteiger partial charge < -0.3 is 20.8 Å². The quantitative estimate of drug-likeness (QED) is 0.0387. The van der Waals surface area contributed by atoms with Gasteiger partial charge in [0.05, 0.1) is 40.3 Å². The van der Waals surface area contributed by atoms with Gasteiger partial charge in [0.1, 0.15) is 40.9 Å². The molecule has 0 radical (unpaired) electrons. The van der Waals surface area contributed by atoms with Crippen molar-refractivity contribution in [3.63, 3.8) is 0 Å². The number of hydrogen-bond acceptors (Lipinski definition) is 9.